The maximum Gasteiger partial charge on any atom is 0.274 e. The van der Waals surface area contributed by atoms with Crippen LogP contribution >= 0.6 is 0 Å². The highest BCUT2D eigenvalue weighted by atomic mass is 19.1. The van der Waals surface area contributed by atoms with E-state index in [1.807, 2.05) is 11.0 Å². The van der Waals surface area contributed by atoms with Crippen molar-refractivity contribution in [2.75, 3.05) is 13.1 Å². The van der Waals surface area contributed by atoms with Crippen LogP contribution in [0.3, 0.4) is 0 Å². The van der Waals surface area contributed by atoms with Crippen LogP contribution in [-0.2, 0) is 5.41 Å². The zero-order valence-electron chi connectivity index (χ0n) is 19.8. The highest BCUT2D eigenvalue weighted by Crippen LogP contribution is 2.70. The lowest BCUT2D eigenvalue weighted by atomic mass is 9.59. The number of hydrogen-bond acceptors (Lipinski definition) is 5. The van der Waals surface area contributed by atoms with Gasteiger partial charge in [0.05, 0.1) is 17.0 Å². The van der Waals surface area contributed by atoms with E-state index in [1.165, 1.54) is 18.2 Å². The fourth-order valence-corrected chi connectivity index (χ4v) is 7.28. The van der Waals surface area contributed by atoms with Crippen molar-refractivity contribution in [2.45, 2.75) is 50.9 Å². The topological polar surface area (TPSA) is 71.9 Å². The highest BCUT2D eigenvalue weighted by molar-refractivity contribution is 5.92. The normalized spacial score (nSPS) is 26.6. The average Bonchev–Trinajstić information content (AvgIpc) is 3.25. The van der Waals surface area contributed by atoms with Crippen molar-refractivity contribution in [3.63, 3.8) is 0 Å². The summed E-state index contributed by atoms with van der Waals surface area (Å²) in [6, 6.07) is 9.12. The fraction of sp³-hybridized carbons (Fsp3) is 0.444. The summed E-state index contributed by atoms with van der Waals surface area (Å²) in [7, 11) is 0. The first-order valence-corrected chi connectivity index (χ1v) is 12.2. The first-order chi connectivity index (χ1) is 16.8. The minimum atomic E-state index is -0.637. The molecule has 3 heterocycles. The molecule has 3 atom stereocenters. The molecule has 3 aliphatic rings. The lowest BCUT2D eigenvalue weighted by molar-refractivity contribution is 0.0418. The molecule has 8 heteroatoms. The Labute approximate surface area is 202 Å². The van der Waals surface area contributed by atoms with Gasteiger partial charge in [-0.3, -0.25) is 4.79 Å². The lowest BCUT2D eigenvalue weighted by Gasteiger charge is -2.48. The van der Waals surface area contributed by atoms with Crippen molar-refractivity contribution in [3.05, 3.63) is 71.2 Å². The Balaban J connectivity index is 1.39. The first-order valence-electron chi connectivity index (χ1n) is 12.2. The monoisotopic (exact) mass is 475 g/mol. The van der Waals surface area contributed by atoms with Gasteiger partial charge in [-0.2, -0.15) is 15.3 Å². The standard InChI is InChI=1S/C27H27F2N5O/c1-26(2)18-10-11-27(26,16-6-5-13-34(15-16)25(35)21-9-4-12-30-31-21)24-17(18)14-22(32-33-24)23-19(28)7-3-8-20(23)29/h3-4,7-9,12,14,16,18H,5-6,10-11,13,15H2,1-2H3. The van der Waals surface area contributed by atoms with Gasteiger partial charge in [0, 0.05) is 24.7 Å². The van der Waals surface area contributed by atoms with E-state index in [0.717, 1.165) is 36.9 Å². The van der Waals surface area contributed by atoms with Gasteiger partial charge < -0.3 is 4.90 Å². The minimum absolute atomic E-state index is 0.0961. The summed E-state index contributed by atoms with van der Waals surface area (Å²) in [5.41, 5.74) is 2.10. The largest absolute Gasteiger partial charge is 0.337 e. The van der Waals surface area contributed by atoms with E-state index in [9.17, 15) is 13.6 Å². The maximum absolute atomic E-state index is 14.5. The average molecular weight is 476 g/mol. The molecular weight excluding hydrogens is 448 g/mol. The molecular formula is C27H27F2N5O. The predicted molar refractivity (Wildman–Crippen MR) is 125 cm³/mol. The number of rotatable bonds is 3. The Morgan fingerprint density at radius 1 is 1.06 bits per heavy atom. The van der Waals surface area contributed by atoms with Crippen molar-refractivity contribution in [1.29, 1.82) is 0 Å². The van der Waals surface area contributed by atoms with Gasteiger partial charge in [-0.25, -0.2) is 8.78 Å². The first kappa shape index (κ1) is 22.2. The molecule has 1 aromatic carbocycles. The van der Waals surface area contributed by atoms with Gasteiger partial charge in [0.25, 0.3) is 5.91 Å². The van der Waals surface area contributed by atoms with Gasteiger partial charge in [-0.15, -0.1) is 5.10 Å². The van der Waals surface area contributed by atoms with E-state index in [-0.39, 0.29) is 39.8 Å². The Hall–Kier alpha value is -3.29. The number of halogens is 2. The number of fused-ring (bicyclic) bond motifs is 5. The smallest absolute Gasteiger partial charge is 0.274 e. The number of amides is 1. The Bertz CT molecular complexity index is 1290. The number of piperidine rings is 1. The third-order valence-corrected chi connectivity index (χ3v) is 8.89. The quantitative estimate of drug-likeness (QED) is 0.538. The second-order valence-corrected chi connectivity index (χ2v) is 10.6. The van der Waals surface area contributed by atoms with Crippen LogP contribution in [0.15, 0.2) is 42.6 Å². The van der Waals surface area contributed by atoms with E-state index in [2.05, 4.69) is 34.2 Å². The van der Waals surface area contributed by atoms with Crippen LogP contribution < -0.4 is 0 Å². The summed E-state index contributed by atoms with van der Waals surface area (Å²) in [4.78, 5) is 15.1. The van der Waals surface area contributed by atoms with E-state index < -0.39 is 11.6 Å². The Morgan fingerprint density at radius 2 is 1.86 bits per heavy atom. The molecule has 1 aliphatic heterocycles. The molecule has 180 valence electrons. The number of carbonyl (C=O) groups excluding carboxylic acids is 1. The molecule has 1 saturated carbocycles. The van der Waals surface area contributed by atoms with Crippen molar-refractivity contribution in [3.8, 4) is 11.3 Å². The molecule has 0 spiro atoms. The summed E-state index contributed by atoms with van der Waals surface area (Å²) >= 11 is 0. The zero-order valence-corrected chi connectivity index (χ0v) is 19.8. The van der Waals surface area contributed by atoms with Crippen molar-refractivity contribution >= 4 is 5.91 Å². The van der Waals surface area contributed by atoms with Crippen LogP contribution in [0.25, 0.3) is 11.3 Å². The molecule has 2 aromatic heterocycles. The summed E-state index contributed by atoms with van der Waals surface area (Å²) in [6.45, 7) is 5.87. The van der Waals surface area contributed by atoms with E-state index >= 15 is 0 Å². The molecule has 1 amide bonds. The number of nitrogens with zero attached hydrogens (tertiary/aromatic N) is 5. The van der Waals surface area contributed by atoms with Crippen LogP contribution in [0.4, 0.5) is 8.78 Å². The van der Waals surface area contributed by atoms with Gasteiger partial charge in [0.1, 0.15) is 11.6 Å². The second kappa shape index (κ2) is 7.86. The lowest BCUT2D eigenvalue weighted by Crippen LogP contribution is -2.51. The van der Waals surface area contributed by atoms with E-state index in [0.29, 0.717) is 18.8 Å². The maximum atomic E-state index is 14.5. The molecule has 3 aromatic rings. The van der Waals surface area contributed by atoms with Crippen molar-refractivity contribution < 1.29 is 13.6 Å². The molecule has 0 radical (unpaired) electrons. The molecule has 2 bridgehead atoms. The van der Waals surface area contributed by atoms with Crippen LogP contribution in [0.5, 0.6) is 0 Å². The third-order valence-electron chi connectivity index (χ3n) is 8.89. The molecule has 35 heavy (non-hydrogen) atoms. The third kappa shape index (κ3) is 3.08. The summed E-state index contributed by atoms with van der Waals surface area (Å²) in [6.07, 6.45) is 5.41. The molecule has 2 aliphatic carbocycles. The molecule has 3 unspecified atom stereocenters. The summed E-state index contributed by atoms with van der Waals surface area (Å²) < 4.78 is 29.0. The number of aromatic nitrogens is 4. The second-order valence-electron chi connectivity index (χ2n) is 10.6. The van der Waals surface area contributed by atoms with Crippen molar-refractivity contribution in [2.24, 2.45) is 11.3 Å². The van der Waals surface area contributed by atoms with E-state index in [1.54, 1.807) is 18.3 Å². The minimum Gasteiger partial charge on any atom is -0.337 e. The SMILES string of the molecule is CC1(C)C2CCC1(C1CCCN(C(=O)c3cccnn3)C1)c1nnc(-c3c(F)cccc3F)cc12. The molecule has 0 N–H and O–H groups in total. The van der Waals surface area contributed by atoms with Crippen LogP contribution in [0.2, 0.25) is 0 Å². The van der Waals surface area contributed by atoms with Crippen molar-refractivity contribution in [1.82, 2.24) is 25.3 Å². The number of hydrogen-bond donors (Lipinski definition) is 0. The van der Waals surface area contributed by atoms with Gasteiger partial charge in [0.15, 0.2) is 5.69 Å². The summed E-state index contributed by atoms with van der Waals surface area (Å²) in [5, 5.41) is 16.9. The molecule has 1 saturated heterocycles. The number of benzene rings is 1. The summed E-state index contributed by atoms with van der Waals surface area (Å²) in [5.74, 6) is -0.930. The zero-order chi connectivity index (χ0) is 24.4. The van der Waals surface area contributed by atoms with Gasteiger partial charge in [0.2, 0.25) is 0 Å². The number of carbonyl (C=O) groups is 1. The molecule has 6 nitrogen and oxygen atoms in total. The van der Waals surface area contributed by atoms with Crippen LogP contribution in [-0.4, -0.2) is 44.3 Å². The molecule has 2 fully saturated rings. The molecule has 6 rings (SSSR count). The van der Waals surface area contributed by atoms with Crippen LogP contribution in [0, 0.1) is 23.0 Å². The fourth-order valence-electron chi connectivity index (χ4n) is 7.28. The van der Waals surface area contributed by atoms with Gasteiger partial charge in [-0.1, -0.05) is 19.9 Å². The van der Waals surface area contributed by atoms with E-state index in [4.69, 9.17) is 0 Å². The Morgan fingerprint density at radius 3 is 2.60 bits per heavy atom. The van der Waals surface area contributed by atoms with Gasteiger partial charge in [-0.05, 0) is 78.8 Å². The number of likely N-dealkylation sites (tertiary alicyclic amines) is 1. The van der Waals surface area contributed by atoms with Crippen LogP contribution in [0.1, 0.15) is 67.2 Å². The Kier molecular flexibility index (Phi) is 4.99. The highest BCUT2D eigenvalue weighted by Gasteiger charge is 2.66. The van der Waals surface area contributed by atoms with Gasteiger partial charge >= 0.3 is 0 Å². The predicted octanol–water partition coefficient (Wildman–Crippen LogP) is 4.92.